The molecule has 0 radical (unpaired) electrons. The number of hydrogen-bond acceptors (Lipinski definition) is 2. The Balaban J connectivity index is 2.22. The van der Waals surface area contributed by atoms with Crippen molar-refractivity contribution in [3.05, 3.63) is 29.6 Å². The molecule has 0 spiro atoms. The minimum Gasteiger partial charge on any atom is -0.368 e. The van der Waals surface area contributed by atoms with Crippen molar-refractivity contribution in [2.24, 2.45) is 11.7 Å². The van der Waals surface area contributed by atoms with E-state index in [9.17, 15) is 4.39 Å². The minimum absolute atomic E-state index is 0.113. The molecule has 1 aromatic carbocycles. The molecule has 1 aliphatic rings. The molecule has 3 heteroatoms. The second kappa shape index (κ2) is 6.38. The zero-order chi connectivity index (χ0) is 13.8. The van der Waals surface area contributed by atoms with Crippen LogP contribution in [0.3, 0.4) is 0 Å². The van der Waals surface area contributed by atoms with E-state index in [0.717, 1.165) is 24.2 Å². The van der Waals surface area contributed by atoms with Gasteiger partial charge in [0.1, 0.15) is 5.82 Å². The van der Waals surface area contributed by atoms with Gasteiger partial charge in [-0.2, -0.15) is 0 Å². The van der Waals surface area contributed by atoms with Crippen molar-refractivity contribution in [1.82, 2.24) is 0 Å². The van der Waals surface area contributed by atoms with Crippen LogP contribution in [-0.2, 0) is 6.42 Å². The third-order valence-electron chi connectivity index (χ3n) is 3.73. The number of nitrogens with zero attached hydrogens (tertiary/aromatic N) is 1. The molecule has 19 heavy (non-hydrogen) atoms. The Kier molecular flexibility index (Phi) is 4.81. The third kappa shape index (κ3) is 3.69. The molecule has 0 heterocycles. The normalized spacial score (nSPS) is 15.0. The summed E-state index contributed by atoms with van der Waals surface area (Å²) in [5.74, 6) is 0.561. The van der Waals surface area contributed by atoms with E-state index in [4.69, 9.17) is 5.73 Å². The summed E-state index contributed by atoms with van der Waals surface area (Å²) in [5, 5.41) is 0. The average molecular weight is 264 g/mol. The number of hydrogen-bond donors (Lipinski definition) is 1. The molecule has 0 unspecified atom stereocenters. The van der Waals surface area contributed by atoms with Crippen molar-refractivity contribution < 1.29 is 4.39 Å². The minimum atomic E-state index is -0.113. The monoisotopic (exact) mass is 264 g/mol. The second-order valence-electron chi connectivity index (χ2n) is 5.88. The Morgan fingerprint density at radius 2 is 2.11 bits per heavy atom. The molecule has 0 amide bonds. The highest BCUT2D eigenvalue weighted by atomic mass is 19.1. The maximum absolute atomic E-state index is 14.0. The molecule has 2 N–H and O–H groups in total. The first-order valence-electron chi connectivity index (χ1n) is 7.37. The zero-order valence-electron chi connectivity index (χ0n) is 12.0. The first-order valence-corrected chi connectivity index (χ1v) is 7.37. The molecular weight excluding hydrogens is 239 g/mol. The van der Waals surface area contributed by atoms with Crippen molar-refractivity contribution in [2.45, 2.75) is 45.6 Å². The molecule has 0 atom stereocenters. The van der Waals surface area contributed by atoms with E-state index in [0.29, 0.717) is 24.9 Å². The summed E-state index contributed by atoms with van der Waals surface area (Å²) >= 11 is 0. The maximum atomic E-state index is 14.0. The van der Waals surface area contributed by atoms with Gasteiger partial charge < -0.3 is 10.6 Å². The predicted octanol–water partition coefficient (Wildman–Crippen LogP) is 3.34. The fourth-order valence-electron chi connectivity index (χ4n) is 2.49. The summed E-state index contributed by atoms with van der Waals surface area (Å²) in [6.07, 6.45) is 4.23. The molecule has 1 saturated carbocycles. The van der Waals surface area contributed by atoms with E-state index < -0.39 is 0 Å². The Morgan fingerprint density at radius 1 is 1.37 bits per heavy atom. The smallest absolute Gasteiger partial charge is 0.128 e. The first kappa shape index (κ1) is 14.3. The molecule has 0 bridgehead atoms. The number of anilines is 1. The summed E-state index contributed by atoms with van der Waals surface area (Å²) in [4.78, 5) is 2.40. The van der Waals surface area contributed by atoms with Crippen LogP contribution in [-0.4, -0.2) is 19.1 Å². The summed E-state index contributed by atoms with van der Waals surface area (Å²) in [6, 6.07) is 6.02. The van der Waals surface area contributed by atoms with Crippen LogP contribution in [0.15, 0.2) is 18.2 Å². The van der Waals surface area contributed by atoms with Gasteiger partial charge in [0, 0.05) is 23.8 Å². The van der Waals surface area contributed by atoms with Crippen molar-refractivity contribution in [3.8, 4) is 0 Å². The topological polar surface area (TPSA) is 29.3 Å². The largest absolute Gasteiger partial charge is 0.368 e. The Hall–Kier alpha value is -1.09. The Labute approximate surface area is 115 Å². The predicted molar refractivity (Wildman–Crippen MR) is 79.0 cm³/mol. The molecule has 0 aliphatic heterocycles. The molecular formula is C16H25FN2. The molecule has 1 fully saturated rings. The van der Waals surface area contributed by atoms with E-state index >= 15 is 0 Å². The standard InChI is InChI=1S/C16H25FN2/c1-12(2)9-11-19(13-6-7-13)16-5-3-4-15(17)14(16)8-10-18/h3-5,12-13H,6-11,18H2,1-2H3. The number of halogens is 1. The summed E-state index contributed by atoms with van der Waals surface area (Å²) in [7, 11) is 0. The third-order valence-corrected chi connectivity index (χ3v) is 3.73. The van der Waals surface area contributed by atoms with Crippen molar-refractivity contribution in [1.29, 1.82) is 0 Å². The summed E-state index contributed by atoms with van der Waals surface area (Å²) < 4.78 is 14.0. The lowest BCUT2D eigenvalue weighted by atomic mass is 10.1. The molecule has 2 rings (SSSR count). The van der Waals surface area contributed by atoms with E-state index in [2.05, 4.69) is 18.7 Å². The molecule has 1 aromatic rings. The van der Waals surface area contributed by atoms with Gasteiger partial charge in [0.2, 0.25) is 0 Å². The fourth-order valence-corrected chi connectivity index (χ4v) is 2.49. The van der Waals surface area contributed by atoms with Gasteiger partial charge in [0.25, 0.3) is 0 Å². The van der Waals surface area contributed by atoms with E-state index in [1.165, 1.54) is 12.8 Å². The Bertz CT molecular complexity index is 413. The molecule has 2 nitrogen and oxygen atoms in total. The van der Waals surface area contributed by atoms with E-state index in [1.807, 2.05) is 12.1 Å². The van der Waals surface area contributed by atoms with Crippen LogP contribution in [0.25, 0.3) is 0 Å². The summed E-state index contributed by atoms with van der Waals surface area (Å²) in [6.45, 7) is 5.98. The van der Waals surface area contributed by atoms with Crippen molar-refractivity contribution in [3.63, 3.8) is 0 Å². The quantitative estimate of drug-likeness (QED) is 0.818. The number of rotatable bonds is 7. The molecule has 0 saturated heterocycles. The van der Waals surface area contributed by atoms with Gasteiger partial charge in [-0.25, -0.2) is 4.39 Å². The highest BCUT2D eigenvalue weighted by molar-refractivity contribution is 5.56. The zero-order valence-corrected chi connectivity index (χ0v) is 12.0. The van der Waals surface area contributed by atoms with Crippen LogP contribution in [0, 0.1) is 11.7 Å². The van der Waals surface area contributed by atoms with Gasteiger partial charge in [0.05, 0.1) is 0 Å². The van der Waals surface area contributed by atoms with Gasteiger partial charge in [-0.15, -0.1) is 0 Å². The SMILES string of the molecule is CC(C)CCN(c1cccc(F)c1CCN)C1CC1. The lowest BCUT2D eigenvalue weighted by molar-refractivity contribution is 0.566. The molecule has 1 aliphatic carbocycles. The van der Waals surface area contributed by atoms with Crippen LogP contribution in [0.1, 0.15) is 38.7 Å². The van der Waals surface area contributed by atoms with Crippen LogP contribution >= 0.6 is 0 Å². The van der Waals surface area contributed by atoms with E-state index in [-0.39, 0.29) is 5.82 Å². The van der Waals surface area contributed by atoms with Crippen molar-refractivity contribution >= 4 is 5.69 Å². The van der Waals surface area contributed by atoms with Gasteiger partial charge in [-0.05, 0) is 50.3 Å². The lowest BCUT2D eigenvalue weighted by Gasteiger charge is -2.28. The average Bonchev–Trinajstić information content (AvgIpc) is 3.17. The molecule has 0 aromatic heterocycles. The lowest BCUT2D eigenvalue weighted by Crippen LogP contribution is -2.29. The van der Waals surface area contributed by atoms with Crippen LogP contribution in [0.4, 0.5) is 10.1 Å². The van der Waals surface area contributed by atoms with Gasteiger partial charge in [0.15, 0.2) is 0 Å². The van der Waals surface area contributed by atoms with Gasteiger partial charge >= 0.3 is 0 Å². The van der Waals surface area contributed by atoms with Crippen molar-refractivity contribution in [2.75, 3.05) is 18.0 Å². The Morgan fingerprint density at radius 3 is 2.68 bits per heavy atom. The summed E-state index contributed by atoms with van der Waals surface area (Å²) in [5.41, 5.74) is 7.48. The van der Waals surface area contributed by atoms with Crippen LogP contribution in [0.2, 0.25) is 0 Å². The second-order valence-corrected chi connectivity index (χ2v) is 5.88. The number of benzene rings is 1. The number of nitrogens with two attached hydrogens (primary N) is 1. The van der Waals surface area contributed by atoms with E-state index in [1.54, 1.807) is 6.07 Å². The molecule has 106 valence electrons. The highest BCUT2D eigenvalue weighted by Gasteiger charge is 2.30. The fraction of sp³-hybridized carbons (Fsp3) is 0.625. The highest BCUT2D eigenvalue weighted by Crippen LogP contribution is 2.35. The maximum Gasteiger partial charge on any atom is 0.128 e. The van der Waals surface area contributed by atoms with Gasteiger partial charge in [-0.3, -0.25) is 0 Å². The van der Waals surface area contributed by atoms with Crippen LogP contribution < -0.4 is 10.6 Å². The van der Waals surface area contributed by atoms with Gasteiger partial charge in [-0.1, -0.05) is 19.9 Å². The first-order chi connectivity index (χ1) is 9.13. The van der Waals surface area contributed by atoms with Crippen LogP contribution in [0.5, 0.6) is 0 Å².